The Morgan fingerprint density at radius 2 is 2.21 bits per heavy atom. The molecule has 2 rings (SSSR count). The lowest BCUT2D eigenvalue weighted by Gasteiger charge is -2.28. The summed E-state index contributed by atoms with van der Waals surface area (Å²) >= 11 is 0. The van der Waals surface area contributed by atoms with Crippen LogP contribution in [-0.2, 0) is 4.79 Å². The van der Waals surface area contributed by atoms with Crippen molar-refractivity contribution in [3.05, 3.63) is 29.8 Å². The van der Waals surface area contributed by atoms with Crippen LogP contribution in [0.4, 0.5) is 0 Å². The second-order valence-electron chi connectivity index (χ2n) is 5.05. The molecule has 19 heavy (non-hydrogen) atoms. The van der Waals surface area contributed by atoms with Crippen LogP contribution in [0, 0.1) is 12.8 Å². The van der Waals surface area contributed by atoms with E-state index in [0.717, 1.165) is 30.9 Å². The summed E-state index contributed by atoms with van der Waals surface area (Å²) < 4.78 is 5.81. The normalized spacial score (nSPS) is 16.5. The van der Waals surface area contributed by atoms with E-state index in [1.165, 1.54) is 0 Å². The summed E-state index contributed by atoms with van der Waals surface area (Å²) in [5.41, 5.74) is 1.05. The van der Waals surface area contributed by atoms with Gasteiger partial charge in [0.15, 0.2) is 6.10 Å². The molecule has 0 aliphatic carbocycles. The Balaban J connectivity index is 1.87. The molecule has 0 radical (unpaired) electrons. The van der Waals surface area contributed by atoms with Gasteiger partial charge in [0.25, 0.3) is 5.91 Å². The summed E-state index contributed by atoms with van der Waals surface area (Å²) in [6.45, 7) is 6.68. The van der Waals surface area contributed by atoms with Gasteiger partial charge in [-0.2, -0.15) is 0 Å². The molecule has 1 aliphatic heterocycles. The number of hydrogen-bond donors (Lipinski definition) is 2. The predicted molar refractivity (Wildman–Crippen MR) is 75.3 cm³/mol. The highest BCUT2D eigenvalue weighted by atomic mass is 16.5. The molecule has 1 unspecified atom stereocenters. The molecule has 0 spiro atoms. The predicted octanol–water partition coefficient (Wildman–Crippen LogP) is 1.49. The van der Waals surface area contributed by atoms with Crippen molar-refractivity contribution in [2.75, 3.05) is 19.6 Å². The second-order valence-corrected chi connectivity index (χ2v) is 5.05. The minimum absolute atomic E-state index is 0.0161. The van der Waals surface area contributed by atoms with Gasteiger partial charge in [0, 0.05) is 25.6 Å². The molecule has 4 nitrogen and oxygen atoms in total. The van der Waals surface area contributed by atoms with Crippen molar-refractivity contribution in [1.29, 1.82) is 0 Å². The number of benzene rings is 1. The number of rotatable bonds is 6. The quantitative estimate of drug-likeness (QED) is 0.816. The number of amides is 1. The van der Waals surface area contributed by atoms with E-state index >= 15 is 0 Å². The third-order valence-corrected chi connectivity index (χ3v) is 3.46. The summed E-state index contributed by atoms with van der Waals surface area (Å²) in [7, 11) is 0. The molecular weight excluding hydrogens is 240 g/mol. The van der Waals surface area contributed by atoms with E-state index in [1.807, 2.05) is 38.1 Å². The van der Waals surface area contributed by atoms with E-state index in [0.29, 0.717) is 12.3 Å². The van der Waals surface area contributed by atoms with Gasteiger partial charge in [0.05, 0.1) is 0 Å². The monoisotopic (exact) mass is 262 g/mol. The summed E-state index contributed by atoms with van der Waals surface area (Å²) in [5, 5.41) is 6.16. The van der Waals surface area contributed by atoms with E-state index in [1.54, 1.807) is 0 Å². The van der Waals surface area contributed by atoms with E-state index in [9.17, 15) is 4.79 Å². The Bertz CT molecular complexity index is 430. The molecule has 104 valence electrons. The Morgan fingerprint density at radius 3 is 2.79 bits per heavy atom. The lowest BCUT2D eigenvalue weighted by Crippen LogP contribution is -2.50. The highest BCUT2D eigenvalue weighted by Crippen LogP contribution is 2.18. The van der Waals surface area contributed by atoms with Crippen molar-refractivity contribution in [3.8, 4) is 5.75 Å². The number of ether oxygens (including phenoxy) is 1. The number of aryl methyl sites for hydroxylation is 1. The molecule has 0 saturated carbocycles. The number of hydrogen-bond acceptors (Lipinski definition) is 3. The van der Waals surface area contributed by atoms with E-state index in [-0.39, 0.29) is 5.91 Å². The van der Waals surface area contributed by atoms with Crippen LogP contribution in [0.25, 0.3) is 0 Å². The van der Waals surface area contributed by atoms with Gasteiger partial charge >= 0.3 is 0 Å². The smallest absolute Gasteiger partial charge is 0.261 e. The van der Waals surface area contributed by atoms with Gasteiger partial charge in [0.1, 0.15) is 5.75 Å². The second kappa shape index (κ2) is 6.57. The maximum Gasteiger partial charge on any atom is 0.261 e. The first-order valence-electron chi connectivity index (χ1n) is 6.91. The third-order valence-electron chi connectivity index (χ3n) is 3.46. The molecule has 2 N–H and O–H groups in total. The summed E-state index contributed by atoms with van der Waals surface area (Å²) in [6.07, 6.45) is 0.262. The molecule has 1 saturated heterocycles. The number of para-hydroxylation sites is 1. The molecule has 1 aliphatic rings. The summed E-state index contributed by atoms with van der Waals surface area (Å²) in [6, 6.07) is 7.78. The fourth-order valence-electron chi connectivity index (χ4n) is 2.02. The molecule has 1 amide bonds. The first kappa shape index (κ1) is 13.9. The van der Waals surface area contributed by atoms with Gasteiger partial charge in [0.2, 0.25) is 0 Å². The molecule has 1 aromatic rings. The zero-order valence-corrected chi connectivity index (χ0v) is 11.6. The molecule has 1 atom stereocenters. The average molecular weight is 262 g/mol. The molecular formula is C15H22N2O2. The molecule has 1 heterocycles. The van der Waals surface area contributed by atoms with Crippen LogP contribution in [0.5, 0.6) is 5.75 Å². The summed E-state index contributed by atoms with van der Waals surface area (Å²) in [5.74, 6) is 1.34. The van der Waals surface area contributed by atoms with E-state index in [2.05, 4.69) is 10.6 Å². The van der Waals surface area contributed by atoms with Gasteiger partial charge in [-0.05, 0) is 25.0 Å². The minimum Gasteiger partial charge on any atom is -0.480 e. The van der Waals surface area contributed by atoms with Crippen LogP contribution in [-0.4, -0.2) is 31.6 Å². The molecule has 0 aromatic heterocycles. The van der Waals surface area contributed by atoms with E-state index < -0.39 is 6.10 Å². The van der Waals surface area contributed by atoms with Crippen molar-refractivity contribution in [1.82, 2.24) is 10.6 Å². The maximum absolute atomic E-state index is 12.1. The number of carbonyl (C=O) groups excluding carboxylic acids is 1. The zero-order chi connectivity index (χ0) is 13.7. The van der Waals surface area contributed by atoms with Crippen LogP contribution in [0.3, 0.4) is 0 Å². The van der Waals surface area contributed by atoms with Crippen molar-refractivity contribution in [3.63, 3.8) is 0 Å². The molecule has 0 bridgehead atoms. The lowest BCUT2D eigenvalue weighted by atomic mass is 10.0. The Hall–Kier alpha value is -1.55. The summed E-state index contributed by atoms with van der Waals surface area (Å²) in [4.78, 5) is 12.1. The van der Waals surface area contributed by atoms with Crippen LogP contribution in [0.1, 0.15) is 18.9 Å². The van der Waals surface area contributed by atoms with E-state index in [4.69, 9.17) is 4.74 Å². The largest absolute Gasteiger partial charge is 0.480 e. The standard InChI is InChI=1S/C15H22N2O2/c1-3-13(15(18)17-10-12-8-16-9-12)19-14-7-5-4-6-11(14)2/h4-7,12-13,16H,3,8-10H2,1-2H3,(H,17,18). The number of carbonyl (C=O) groups is 1. The van der Waals surface area contributed by atoms with Crippen LogP contribution < -0.4 is 15.4 Å². The minimum atomic E-state index is -0.408. The van der Waals surface area contributed by atoms with Crippen molar-refractivity contribution < 1.29 is 9.53 Å². The first-order chi connectivity index (χ1) is 9.20. The van der Waals surface area contributed by atoms with Gasteiger partial charge < -0.3 is 15.4 Å². The molecule has 1 fully saturated rings. The van der Waals surface area contributed by atoms with Gasteiger partial charge in [-0.25, -0.2) is 0 Å². The third kappa shape index (κ3) is 3.70. The van der Waals surface area contributed by atoms with Gasteiger partial charge in [-0.3, -0.25) is 4.79 Å². The Kier molecular flexibility index (Phi) is 4.80. The maximum atomic E-state index is 12.1. The van der Waals surface area contributed by atoms with Crippen molar-refractivity contribution >= 4 is 5.91 Å². The van der Waals surface area contributed by atoms with Crippen LogP contribution in [0.15, 0.2) is 24.3 Å². The first-order valence-corrected chi connectivity index (χ1v) is 6.91. The fourth-order valence-corrected chi connectivity index (χ4v) is 2.02. The van der Waals surface area contributed by atoms with Gasteiger partial charge in [-0.15, -0.1) is 0 Å². The molecule has 1 aromatic carbocycles. The zero-order valence-electron chi connectivity index (χ0n) is 11.6. The topological polar surface area (TPSA) is 50.4 Å². The lowest BCUT2D eigenvalue weighted by molar-refractivity contribution is -0.128. The molecule has 4 heteroatoms. The van der Waals surface area contributed by atoms with Crippen molar-refractivity contribution in [2.24, 2.45) is 5.92 Å². The average Bonchev–Trinajstić information content (AvgIpc) is 2.35. The highest BCUT2D eigenvalue weighted by Gasteiger charge is 2.22. The van der Waals surface area contributed by atoms with Crippen LogP contribution in [0.2, 0.25) is 0 Å². The SMILES string of the molecule is CCC(Oc1ccccc1C)C(=O)NCC1CNC1. The fraction of sp³-hybridized carbons (Fsp3) is 0.533. The highest BCUT2D eigenvalue weighted by molar-refractivity contribution is 5.81. The Labute approximate surface area is 114 Å². The number of nitrogens with one attached hydrogen (secondary N) is 2. The van der Waals surface area contributed by atoms with Gasteiger partial charge in [-0.1, -0.05) is 25.1 Å². The van der Waals surface area contributed by atoms with Crippen LogP contribution >= 0.6 is 0 Å². The Morgan fingerprint density at radius 1 is 1.47 bits per heavy atom. The van der Waals surface area contributed by atoms with Crippen molar-refractivity contribution in [2.45, 2.75) is 26.4 Å².